The topological polar surface area (TPSA) is 15.3 Å². The second-order valence-electron chi connectivity index (χ2n) is 7.54. The minimum Gasteiger partial charge on any atom is -0.316 e. The Morgan fingerprint density at radius 3 is 2.25 bits per heavy atom. The fourth-order valence-electron chi connectivity index (χ4n) is 4.53. The Labute approximate surface area is 126 Å². The van der Waals surface area contributed by atoms with E-state index in [1.165, 1.54) is 83.8 Å². The van der Waals surface area contributed by atoms with Crippen molar-refractivity contribution < 1.29 is 0 Å². The molecular weight excluding hydrogens is 244 g/mol. The molecule has 0 unspecified atom stereocenters. The van der Waals surface area contributed by atoms with Crippen molar-refractivity contribution >= 4 is 0 Å². The zero-order valence-electron chi connectivity index (χ0n) is 13.9. The highest BCUT2D eigenvalue weighted by Crippen LogP contribution is 2.36. The first-order valence-electron chi connectivity index (χ1n) is 9.13. The molecule has 1 N–H and O–H groups in total. The van der Waals surface area contributed by atoms with E-state index < -0.39 is 0 Å². The summed E-state index contributed by atoms with van der Waals surface area (Å²) in [6, 6.07) is 0. The SMILES string of the molecule is CCNCC1(CN(C)CC2CCCC2)CCCCCC1. The Kier molecular flexibility index (Phi) is 6.83. The maximum atomic E-state index is 3.66. The van der Waals surface area contributed by atoms with Gasteiger partial charge in [-0.2, -0.15) is 0 Å². The van der Waals surface area contributed by atoms with Crippen molar-refractivity contribution in [3.05, 3.63) is 0 Å². The molecule has 2 heteroatoms. The van der Waals surface area contributed by atoms with Crippen molar-refractivity contribution in [2.24, 2.45) is 11.3 Å². The molecule has 0 amide bonds. The van der Waals surface area contributed by atoms with Crippen LogP contribution in [0.1, 0.15) is 71.1 Å². The van der Waals surface area contributed by atoms with Gasteiger partial charge in [-0.1, -0.05) is 45.4 Å². The summed E-state index contributed by atoms with van der Waals surface area (Å²) in [6.45, 7) is 7.25. The van der Waals surface area contributed by atoms with Crippen LogP contribution in [0.2, 0.25) is 0 Å². The normalized spacial score (nSPS) is 24.1. The third-order valence-corrected chi connectivity index (χ3v) is 5.56. The predicted molar refractivity (Wildman–Crippen MR) is 88.1 cm³/mol. The van der Waals surface area contributed by atoms with Gasteiger partial charge in [0, 0.05) is 19.6 Å². The van der Waals surface area contributed by atoms with Gasteiger partial charge in [-0.15, -0.1) is 0 Å². The maximum Gasteiger partial charge on any atom is 0.00472 e. The Hall–Kier alpha value is -0.0800. The van der Waals surface area contributed by atoms with Gasteiger partial charge in [-0.3, -0.25) is 0 Å². The lowest BCUT2D eigenvalue weighted by atomic mass is 9.79. The molecule has 2 nitrogen and oxygen atoms in total. The third-order valence-electron chi connectivity index (χ3n) is 5.56. The Balaban J connectivity index is 1.87. The molecule has 2 aliphatic carbocycles. The van der Waals surface area contributed by atoms with Crippen LogP contribution in [0.3, 0.4) is 0 Å². The maximum absolute atomic E-state index is 3.66. The average molecular weight is 280 g/mol. The van der Waals surface area contributed by atoms with Crippen molar-refractivity contribution in [2.75, 3.05) is 33.2 Å². The fourth-order valence-corrected chi connectivity index (χ4v) is 4.53. The van der Waals surface area contributed by atoms with Gasteiger partial charge in [0.25, 0.3) is 0 Å². The van der Waals surface area contributed by atoms with E-state index in [1.807, 2.05) is 0 Å². The first-order chi connectivity index (χ1) is 9.74. The lowest BCUT2D eigenvalue weighted by Gasteiger charge is -2.37. The van der Waals surface area contributed by atoms with E-state index in [9.17, 15) is 0 Å². The molecule has 0 spiro atoms. The van der Waals surface area contributed by atoms with Gasteiger partial charge in [0.15, 0.2) is 0 Å². The van der Waals surface area contributed by atoms with Crippen LogP contribution in [0, 0.1) is 11.3 Å². The second kappa shape index (κ2) is 8.38. The Morgan fingerprint density at radius 1 is 1.00 bits per heavy atom. The molecule has 20 heavy (non-hydrogen) atoms. The van der Waals surface area contributed by atoms with Gasteiger partial charge in [0.1, 0.15) is 0 Å². The number of nitrogens with one attached hydrogen (secondary N) is 1. The largest absolute Gasteiger partial charge is 0.316 e. The molecule has 2 rings (SSSR count). The van der Waals surface area contributed by atoms with Crippen molar-refractivity contribution in [3.8, 4) is 0 Å². The lowest BCUT2D eigenvalue weighted by Crippen LogP contribution is -2.44. The molecule has 0 aromatic heterocycles. The van der Waals surface area contributed by atoms with Gasteiger partial charge < -0.3 is 10.2 Å². The molecule has 0 aromatic carbocycles. The smallest absolute Gasteiger partial charge is 0.00472 e. The van der Waals surface area contributed by atoms with Crippen molar-refractivity contribution in [1.82, 2.24) is 10.2 Å². The number of rotatable bonds is 7. The zero-order valence-corrected chi connectivity index (χ0v) is 13.9. The summed E-state index contributed by atoms with van der Waals surface area (Å²) in [6.07, 6.45) is 14.6. The minimum atomic E-state index is 0.555. The van der Waals surface area contributed by atoms with Crippen molar-refractivity contribution in [1.29, 1.82) is 0 Å². The molecule has 0 bridgehead atoms. The van der Waals surface area contributed by atoms with Crippen LogP contribution < -0.4 is 5.32 Å². The first kappa shape index (κ1) is 16.3. The summed E-state index contributed by atoms with van der Waals surface area (Å²) in [5, 5.41) is 3.66. The summed E-state index contributed by atoms with van der Waals surface area (Å²) in [5.74, 6) is 0.988. The van der Waals surface area contributed by atoms with Crippen LogP contribution in [-0.4, -0.2) is 38.1 Å². The number of hydrogen-bond acceptors (Lipinski definition) is 2. The monoisotopic (exact) mass is 280 g/mol. The summed E-state index contributed by atoms with van der Waals surface area (Å²) >= 11 is 0. The molecule has 2 aliphatic rings. The molecule has 0 aliphatic heterocycles. The van der Waals surface area contributed by atoms with E-state index in [1.54, 1.807) is 0 Å². The molecule has 0 heterocycles. The Bertz CT molecular complexity index is 250. The standard InChI is InChI=1S/C18H36N2/c1-3-19-15-18(12-8-4-5-9-13-18)16-20(2)14-17-10-6-7-11-17/h17,19H,3-16H2,1-2H3. The molecule has 0 saturated heterocycles. The van der Waals surface area contributed by atoms with Gasteiger partial charge >= 0.3 is 0 Å². The van der Waals surface area contributed by atoms with E-state index in [2.05, 4.69) is 24.2 Å². The molecule has 2 fully saturated rings. The lowest BCUT2D eigenvalue weighted by molar-refractivity contribution is 0.134. The molecule has 2 saturated carbocycles. The first-order valence-corrected chi connectivity index (χ1v) is 9.13. The summed E-state index contributed by atoms with van der Waals surface area (Å²) in [4.78, 5) is 2.67. The van der Waals surface area contributed by atoms with E-state index in [-0.39, 0.29) is 0 Å². The highest BCUT2D eigenvalue weighted by atomic mass is 15.1. The van der Waals surface area contributed by atoms with Crippen molar-refractivity contribution in [2.45, 2.75) is 71.1 Å². The highest BCUT2D eigenvalue weighted by molar-refractivity contribution is 4.87. The molecule has 118 valence electrons. The number of nitrogens with zero attached hydrogens (tertiary/aromatic N) is 1. The van der Waals surface area contributed by atoms with Crippen LogP contribution in [0.25, 0.3) is 0 Å². The van der Waals surface area contributed by atoms with Crippen molar-refractivity contribution in [3.63, 3.8) is 0 Å². The van der Waals surface area contributed by atoms with Crippen LogP contribution in [0.5, 0.6) is 0 Å². The summed E-state index contributed by atoms with van der Waals surface area (Å²) in [5.41, 5.74) is 0.555. The number of hydrogen-bond donors (Lipinski definition) is 1. The Morgan fingerprint density at radius 2 is 1.65 bits per heavy atom. The average Bonchev–Trinajstić information content (AvgIpc) is 2.82. The fraction of sp³-hybridized carbons (Fsp3) is 1.00. The van der Waals surface area contributed by atoms with Crippen LogP contribution in [0.15, 0.2) is 0 Å². The molecule has 0 radical (unpaired) electrons. The van der Waals surface area contributed by atoms with Gasteiger partial charge in [-0.05, 0) is 50.6 Å². The second-order valence-corrected chi connectivity index (χ2v) is 7.54. The summed E-state index contributed by atoms with van der Waals surface area (Å²) in [7, 11) is 2.37. The zero-order chi connectivity index (χ0) is 14.3. The molecular formula is C18H36N2. The quantitative estimate of drug-likeness (QED) is 0.708. The van der Waals surface area contributed by atoms with Gasteiger partial charge in [0.05, 0.1) is 0 Å². The van der Waals surface area contributed by atoms with E-state index in [0.717, 1.165) is 12.5 Å². The van der Waals surface area contributed by atoms with E-state index >= 15 is 0 Å². The van der Waals surface area contributed by atoms with Gasteiger partial charge in [-0.25, -0.2) is 0 Å². The summed E-state index contributed by atoms with van der Waals surface area (Å²) < 4.78 is 0. The van der Waals surface area contributed by atoms with E-state index in [4.69, 9.17) is 0 Å². The molecule has 0 atom stereocenters. The van der Waals surface area contributed by atoms with Crippen LogP contribution >= 0.6 is 0 Å². The third kappa shape index (κ3) is 5.04. The van der Waals surface area contributed by atoms with Crippen LogP contribution in [-0.2, 0) is 0 Å². The predicted octanol–water partition coefficient (Wildman–Crippen LogP) is 4.06. The minimum absolute atomic E-state index is 0.555. The molecule has 0 aromatic rings. The highest BCUT2D eigenvalue weighted by Gasteiger charge is 2.32. The van der Waals surface area contributed by atoms with Gasteiger partial charge in [0.2, 0.25) is 0 Å². The van der Waals surface area contributed by atoms with Crippen LogP contribution in [0.4, 0.5) is 0 Å². The van der Waals surface area contributed by atoms with E-state index in [0.29, 0.717) is 5.41 Å².